The molecule has 14 heavy (non-hydrogen) atoms. The van der Waals surface area contributed by atoms with Gasteiger partial charge in [0.15, 0.2) is 0 Å². The molecule has 0 spiro atoms. The molecule has 0 saturated heterocycles. The molecule has 0 amide bonds. The van der Waals surface area contributed by atoms with Crippen molar-refractivity contribution < 1.29 is 4.79 Å². The molecule has 2 aromatic rings. The van der Waals surface area contributed by atoms with Crippen molar-refractivity contribution in [3.63, 3.8) is 0 Å². The molecular weight excluding hydrogens is 192 g/mol. The van der Waals surface area contributed by atoms with Crippen molar-refractivity contribution in [1.82, 2.24) is 0 Å². The summed E-state index contributed by atoms with van der Waals surface area (Å²) in [5.74, 6) is 0. The van der Waals surface area contributed by atoms with Crippen molar-refractivity contribution in [3.8, 4) is 0 Å². The summed E-state index contributed by atoms with van der Waals surface area (Å²) >= 11 is 1.72. The first-order chi connectivity index (χ1) is 6.90. The number of carbonyl (C=O) groups excluding carboxylic acids is 1. The highest BCUT2D eigenvalue weighted by atomic mass is 32.1. The molecule has 0 unspecified atom stereocenters. The largest absolute Gasteiger partial charge is 0.298 e. The highest BCUT2D eigenvalue weighted by Gasteiger charge is 2.01. The number of hydrogen-bond acceptors (Lipinski definition) is 2. The molecule has 0 saturated carbocycles. The lowest BCUT2D eigenvalue weighted by molar-refractivity contribution is 0.112. The molecule has 1 heterocycles. The number of aldehydes is 1. The van der Waals surface area contributed by atoms with Crippen LogP contribution in [0.15, 0.2) is 41.8 Å². The molecule has 0 fully saturated rings. The van der Waals surface area contributed by atoms with Crippen LogP contribution in [0, 0.1) is 0 Å². The summed E-state index contributed by atoms with van der Waals surface area (Å²) < 4.78 is 0. The van der Waals surface area contributed by atoms with Gasteiger partial charge >= 0.3 is 0 Å². The van der Waals surface area contributed by atoms with Gasteiger partial charge in [0.25, 0.3) is 0 Å². The zero-order valence-electron chi connectivity index (χ0n) is 7.64. The van der Waals surface area contributed by atoms with Crippen LogP contribution in [0.1, 0.15) is 20.8 Å². The standard InChI is InChI=1S/C12H10OS/c13-9-11-5-2-1-4-10(11)8-12-6-3-7-14-12/h1-7,9H,8H2. The maximum Gasteiger partial charge on any atom is 0.150 e. The smallest absolute Gasteiger partial charge is 0.150 e. The lowest BCUT2D eigenvalue weighted by Crippen LogP contribution is -1.91. The average Bonchev–Trinajstić information content (AvgIpc) is 2.71. The van der Waals surface area contributed by atoms with E-state index in [0.29, 0.717) is 0 Å². The van der Waals surface area contributed by atoms with Gasteiger partial charge in [0.1, 0.15) is 6.29 Å². The zero-order chi connectivity index (χ0) is 9.80. The van der Waals surface area contributed by atoms with E-state index in [1.165, 1.54) is 4.88 Å². The minimum atomic E-state index is 0.793. The van der Waals surface area contributed by atoms with Gasteiger partial charge in [-0.1, -0.05) is 30.3 Å². The molecule has 1 aromatic heterocycles. The first-order valence-corrected chi connectivity index (χ1v) is 5.33. The number of thiophene rings is 1. The Morgan fingerprint density at radius 2 is 2.00 bits per heavy atom. The zero-order valence-corrected chi connectivity index (χ0v) is 8.46. The highest BCUT2D eigenvalue weighted by molar-refractivity contribution is 7.09. The van der Waals surface area contributed by atoms with Gasteiger partial charge in [0.05, 0.1) is 0 Å². The molecule has 0 aliphatic heterocycles. The molecular formula is C12H10OS. The molecule has 1 aromatic carbocycles. The van der Waals surface area contributed by atoms with E-state index in [2.05, 4.69) is 11.4 Å². The molecule has 1 nitrogen and oxygen atoms in total. The Bertz CT molecular complexity index is 418. The molecule has 0 atom stereocenters. The molecule has 2 heteroatoms. The number of rotatable bonds is 3. The van der Waals surface area contributed by atoms with Crippen molar-refractivity contribution in [2.24, 2.45) is 0 Å². The van der Waals surface area contributed by atoms with Gasteiger partial charge in [-0.15, -0.1) is 11.3 Å². The van der Waals surface area contributed by atoms with Crippen LogP contribution in [-0.4, -0.2) is 6.29 Å². The average molecular weight is 202 g/mol. The highest BCUT2D eigenvalue weighted by Crippen LogP contribution is 2.16. The normalized spacial score (nSPS) is 10.0. The molecule has 2 rings (SSSR count). The first kappa shape index (κ1) is 9.16. The summed E-state index contributed by atoms with van der Waals surface area (Å²) in [6.07, 6.45) is 1.77. The Hall–Kier alpha value is -1.41. The van der Waals surface area contributed by atoms with Crippen LogP contribution in [0.25, 0.3) is 0 Å². The van der Waals surface area contributed by atoms with Crippen LogP contribution in [-0.2, 0) is 6.42 Å². The summed E-state index contributed by atoms with van der Waals surface area (Å²) in [5, 5.41) is 2.05. The van der Waals surface area contributed by atoms with Crippen molar-refractivity contribution in [3.05, 3.63) is 57.8 Å². The fourth-order valence-electron chi connectivity index (χ4n) is 1.41. The van der Waals surface area contributed by atoms with E-state index < -0.39 is 0 Å². The third kappa shape index (κ3) is 1.91. The molecule has 0 radical (unpaired) electrons. The third-order valence-corrected chi connectivity index (χ3v) is 3.00. The van der Waals surface area contributed by atoms with E-state index in [9.17, 15) is 4.79 Å². The van der Waals surface area contributed by atoms with Crippen molar-refractivity contribution in [2.45, 2.75) is 6.42 Å². The van der Waals surface area contributed by atoms with Gasteiger partial charge in [0, 0.05) is 16.9 Å². The first-order valence-electron chi connectivity index (χ1n) is 4.45. The summed E-state index contributed by atoms with van der Waals surface area (Å²) in [5.41, 5.74) is 1.89. The van der Waals surface area contributed by atoms with Crippen LogP contribution in [0.4, 0.5) is 0 Å². The fraction of sp³-hybridized carbons (Fsp3) is 0.0833. The predicted molar refractivity (Wildman–Crippen MR) is 59.0 cm³/mol. The number of carbonyl (C=O) groups is 1. The summed E-state index contributed by atoms with van der Waals surface area (Å²) in [6, 6.07) is 11.8. The van der Waals surface area contributed by atoms with E-state index in [0.717, 1.165) is 23.8 Å². The van der Waals surface area contributed by atoms with E-state index in [1.54, 1.807) is 11.3 Å². The van der Waals surface area contributed by atoms with Crippen molar-refractivity contribution in [2.75, 3.05) is 0 Å². The predicted octanol–water partition coefficient (Wildman–Crippen LogP) is 3.15. The van der Waals surface area contributed by atoms with Crippen LogP contribution >= 0.6 is 11.3 Å². The van der Waals surface area contributed by atoms with E-state index >= 15 is 0 Å². The Labute approximate surface area is 87.0 Å². The van der Waals surface area contributed by atoms with Crippen molar-refractivity contribution >= 4 is 17.6 Å². The van der Waals surface area contributed by atoms with E-state index in [-0.39, 0.29) is 0 Å². The number of hydrogen-bond donors (Lipinski definition) is 0. The molecule has 0 aliphatic rings. The molecule has 0 N–H and O–H groups in total. The molecule has 0 aliphatic carbocycles. The van der Waals surface area contributed by atoms with Gasteiger partial charge in [-0.3, -0.25) is 4.79 Å². The van der Waals surface area contributed by atoms with Gasteiger partial charge in [-0.05, 0) is 17.0 Å². The number of benzene rings is 1. The van der Waals surface area contributed by atoms with E-state index in [4.69, 9.17) is 0 Å². The lowest BCUT2D eigenvalue weighted by Gasteiger charge is -2.01. The minimum Gasteiger partial charge on any atom is -0.298 e. The summed E-state index contributed by atoms with van der Waals surface area (Å²) in [6.45, 7) is 0. The summed E-state index contributed by atoms with van der Waals surface area (Å²) in [7, 11) is 0. The second-order valence-electron chi connectivity index (χ2n) is 3.07. The monoisotopic (exact) mass is 202 g/mol. The quantitative estimate of drug-likeness (QED) is 0.699. The van der Waals surface area contributed by atoms with Crippen LogP contribution in [0.3, 0.4) is 0 Å². The molecule has 70 valence electrons. The summed E-state index contributed by atoms with van der Waals surface area (Å²) in [4.78, 5) is 12.1. The van der Waals surface area contributed by atoms with Crippen LogP contribution in [0.2, 0.25) is 0 Å². The topological polar surface area (TPSA) is 17.1 Å². The Kier molecular flexibility index (Phi) is 2.75. The van der Waals surface area contributed by atoms with Gasteiger partial charge in [-0.2, -0.15) is 0 Å². The third-order valence-electron chi connectivity index (χ3n) is 2.13. The fourth-order valence-corrected chi connectivity index (χ4v) is 2.14. The van der Waals surface area contributed by atoms with E-state index in [1.807, 2.05) is 30.3 Å². The van der Waals surface area contributed by atoms with Crippen molar-refractivity contribution in [1.29, 1.82) is 0 Å². The maximum absolute atomic E-state index is 10.8. The second kappa shape index (κ2) is 4.20. The minimum absolute atomic E-state index is 0.793. The Morgan fingerprint density at radius 1 is 1.14 bits per heavy atom. The molecule has 0 bridgehead atoms. The van der Waals surface area contributed by atoms with Gasteiger partial charge in [-0.25, -0.2) is 0 Å². The van der Waals surface area contributed by atoms with Gasteiger partial charge in [0.2, 0.25) is 0 Å². The Balaban J connectivity index is 2.28. The maximum atomic E-state index is 10.8. The van der Waals surface area contributed by atoms with Crippen LogP contribution in [0.5, 0.6) is 0 Å². The lowest BCUT2D eigenvalue weighted by atomic mass is 10.1. The second-order valence-corrected chi connectivity index (χ2v) is 4.11. The SMILES string of the molecule is O=Cc1ccccc1Cc1cccs1. The van der Waals surface area contributed by atoms with Crippen LogP contribution < -0.4 is 0 Å². The van der Waals surface area contributed by atoms with Gasteiger partial charge < -0.3 is 0 Å². The Morgan fingerprint density at radius 3 is 2.71 bits per heavy atom.